The molecule has 2 rings (SSSR count). The molecule has 0 bridgehead atoms. The highest BCUT2D eigenvalue weighted by Crippen LogP contribution is 2.31. The molecule has 7 heteroatoms. The van der Waals surface area contributed by atoms with Crippen LogP contribution >= 0.6 is 11.6 Å². The number of rotatable bonds is 6. The Morgan fingerprint density at radius 1 is 1.07 bits per heavy atom. The predicted octanol–water partition coefficient (Wildman–Crippen LogP) is 4.22. The molecule has 0 atom stereocenters. The van der Waals surface area contributed by atoms with Gasteiger partial charge in [-0.2, -0.15) is 5.26 Å². The number of carbonyl (C=O) groups is 1. The summed E-state index contributed by atoms with van der Waals surface area (Å²) in [5, 5.41) is 12.6. The zero-order valence-electron chi connectivity index (χ0n) is 15.4. The number of carbonyl (C=O) groups excluding carboxylic acids is 1. The average molecular weight is 387 g/mol. The van der Waals surface area contributed by atoms with Crippen molar-refractivity contribution in [2.45, 2.75) is 6.92 Å². The van der Waals surface area contributed by atoms with Gasteiger partial charge in [0.05, 0.1) is 27.0 Å². The van der Waals surface area contributed by atoms with E-state index in [2.05, 4.69) is 5.32 Å². The minimum absolute atomic E-state index is 0.0834. The Bertz CT molecular complexity index is 910. The zero-order chi connectivity index (χ0) is 20.0. The van der Waals surface area contributed by atoms with Crippen molar-refractivity contribution in [1.82, 2.24) is 0 Å². The zero-order valence-corrected chi connectivity index (χ0v) is 16.2. The Kier molecular flexibility index (Phi) is 6.69. The van der Waals surface area contributed by atoms with E-state index in [1.165, 1.54) is 27.4 Å². The van der Waals surface area contributed by atoms with E-state index in [-0.39, 0.29) is 5.57 Å². The lowest BCUT2D eigenvalue weighted by Crippen LogP contribution is -2.14. The van der Waals surface area contributed by atoms with E-state index in [0.29, 0.717) is 33.5 Å². The van der Waals surface area contributed by atoms with Gasteiger partial charge in [0.2, 0.25) is 0 Å². The lowest BCUT2D eigenvalue weighted by Gasteiger charge is -2.12. The van der Waals surface area contributed by atoms with Crippen molar-refractivity contribution >= 4 is 29.3 Å². The van der Waals surface area contributed by atoms with Crippen LogP contribution < -0.4 is 19.5 Å². The molecule has 1 amide bonds. The standard InChI is InChI=1S/C20H19ClN2O4/c1-12-5-18(19(27-4)10-17(12)21)23-20(24)14(11-22)6-13-7-15(25-2)9-16(8-13)26-3/h5-10H,1-4H3,(H,23,24)/b14-6+. The number of benzene rings is 2. The Balaban J connectivity index is 2.36. The van der Waals surface area contributed by atoms with Crippen LogP contribution in [0.25, 0.3) is 6.08 Å². The van der Waals surface area contributed by atoms with Gasteiger partial charge in [-0.1, -0.05) is 11.6 Å². The first-order valence-corrected chi connectivity index (χ1v) is 8.30. The summed E-state index contributed by atoms with van der Waals surface area (Å²) in [6.07, 6.45) is 1.45. The predicted molar refractivity (Wildman–Crippen MR) is 105 cm³/mol. The number of nitrogens with zero attached hydrogens (tertiary/aromatic N) is 1. The largest absolute Gasteiger partial charge is 0.497 e. The molecule has 0 aliphatic heterocycles. The summed E-state index contributed by atoms with van der Waals surface area (Å²) in [5.74, 6) is 0.931. The molecule has 2 aromatic carbocycles. The number of halogens is 1. The van der Waals surface area contributed by atoms with Gasteiger partial charge in [-0.3, -0.25) is 4.79 Å². The topological polar surface area (TPSA) is 80.6 Å². The van der Waals surface area contributed by atoms with Gasteiger partial charge >= 0.3 is 0 Å². The number of nitriles is 1. The van der Waals surface area contributed by atoms with Gasteiger partial charge < -0.3 is 19.5 Å². The molecule has 0 aromatic heterocycles. The van der Waals surface area contributed by atoms with Crippen molar-refractivity contribution in [1.29, 1.82) is 5.26 Å². The maximum atomic E-state index is 12.6. The molecule has 140 valence electrons. The second kappa shape index (κ2) is 8.97. The van der Waals surface area contributed by atoms with Crippen LogP contribution in [-0.4, -0.2) is 27.2 Å². The fourth-order valence-corrected chi connectivity index (χ4v) is 2.50. The molecule has 0 aliphatic carbocycles. The molecule has 0 heterocycles. The molecule has 0 saturated carbocycles. The second-order valence-corrected chi connectivity index (χ2v) is 5.98. The van der Waals surface area contributed by atoms with Gasteiger partial charge in [-0.15, -0.1) is 0 Å². The van der Waals surface area contributed by atoms with Crippen LogP contribution in [0, 0.1) is 18.3 Å². The molecule has 2 aromatic rings. The van der Waals surface area contributed by atoms with Gasteiger partial charge in [-0.25, -0.2) is 0 Å². The van der Waals surface area contributed by atoms with Gasteiger partial charge in [0.25, 0.3) is 5.91 Å². The number of amides is 1. The molecule has 0 fully saturated rings. The summed E-state index contributed by atoms with van der Waals surface area (Å²) in [7, 11) is 4.52. The minimum Gasteiger partial charge on any atom is -0.497 e. The van der Waals surface area contributed by atoms with E-state index in [4.69, 9.17) is 25.8 Å². The fourth-order valence-electron chi connectivity index (χ4n) is 2.35. The molecule has 6 nitrogen and oxygen atoms in total. The SMILES string of the molecule is COc1cc(/C=C(\C#N)C(=O)Nc2cc(C)c(Cl)cc2OC)cc(OC)c1. The molecule has 0 saturated heterocycles. The van der Waals surface area contributed by atoms with Gasteiger partial charge in [-0.05, 0) is 42.3 Å². The number of nitrogens with one attached hydrogen (secondary N) is 1. The van der Waals surface area contributed by atoms with Crippen LogP contribution in [-0.2, 0) is 4.79 Å². The Hall–Kier alpha value is -3.17. The Morgan fingerprint density at radius 3 is 2.22 bits per heavy atom. The van der Waals surface area contributed by atoms with Gasteiger partial charge in [0.15, 0.2) is 0 Å². The molecular formula is C20H19ClN2O4. The Labute approximate surface area is 162 Å². The second-order valence-electron chi connectivity index (χ2n) is 5.57. The van der Waals surface area contributed by atoms with E-state index in [1.807, 2.05) is 6.07 Å². The lowest BCUT2D eigenvalue weighted by molar-refractivity contribution is -0.112. The van der Waals surface area contributed by atoms with Crippen LogP contribution in [0.1, 0.15) is 11.1 Å². The van der Waals surface area contributed by atoms with Gasteiger partial charge in [0, 0.05) is 17.2 Å². The first-order valence-electron chi connectivity index (χ1n) is 7.92. The molecule has 1 N–H and O–H groups in total. The average Bonchev–Trinajstić information content (AvgIpc) is 2.68. The van der Waals surface area contributed by atoms with E-state index in [9.17, 15) is 10.1 Å². The third-order valence-corrected chi connectivity index (χ3v) is 4.19. The van der Waals surface area contributed by atoms with E-state index in [1.54, 1.807) is 37.3 Å². The highest BCUT2D eigenvalue weighted by molar-refractivity contribution is 6.31. The number of hydrogen-bond acceptors (Lipinski definition) is 5. The number of ether oxygens (including phenoxy) is 3. The summed E-state index contributed by atoms with van der Waals surface area (Å²) in [6.45, 7) is 1.81. The molecule has 0 aliphatic rings. The van der Waals surface area contributed by atoms with Crippen molar-refractivity contribution in [2.75, 3.05) is 26.6 Å². The molecule has 0 unspecified atom stereocenters. The first-order chi connectivity index (χ1) is 12.9. The third-order valence-electron chi connectivity index (χ3n) is 3.78. The van der Waals surface area contributed by atoms with Gasteiger partial charge in [0.1, 0.15) is 28.9 Å². The maximum Gasteiger partial charge on any atom is 0.266 e. The van der Waals surface area contributed by atoms with E-state index in [0.717, 1.165) is 5.56 Å². The molecule has 0 radical (unpaired) electrons. The summed E-state index contributed by atoms with van der Waals surface area (Å²) in [4.78, 5) is 12.6. The highest BCUT2D eigenvalue weighted by Gasteiger charge is 2.14. The van der Waals surface area contributed by atoms with Crippen molar-refractivity contribution in [3.8, 4) is 23.3 Å². The van der Waals surface area contributed by atoms with E-state index >= 15 is 0 Å². The van der Waals surface area contributed by atoms with Crippen molar-refractivity contribution in [3.05, 3.63) is 52.1 Å². The van der Waals surface area contributed by atoms with Crippen LogP contribution in [0.3, 0.4) is 0 Å². The summed E-state index contributed by atoms with van der Waals surface area (Å²) < 4.78 is 15.6. The summed E-state index contributed by atoms with van der Waals surface area (Å²) >= 11 is 6.08. The highest BCUT2D eigenvalue weighted by atomic mass is 35.5. The normalized spacial score (nSPS) is 10.7. The number of aryl methyl sites for hydroxylation is 1. The van der Waals surface area contributed by atoms with E-state index < -0.39 is 5.91 Å². The maximum absolute atomic E-state index is 12.6. The molecule has 0 spiro atoms. The number of hydrogen-bond donors (Lipinski definition) is 1. The van der Waals surface area contributed by atoms with Crippen molar-refractivity contribution < 1.29 is 19.0 Å². The molecule has 27 heavy (non-hydrogen) atoms. The smallest absolute Gasteiger partial charge is 0.266 e. The summed E-state index contributed by atoms with van der Waals surface area (Å²) in [5.41, 5.74) is 1.71. The Morgan fingerprint density at radius 2 is 1.70 bits per heavy atom. The molecular weight excluding hydrogens is 368 g/mol. The first kappa shape index (κ1) is 20.1. The monoisotopic (exact) mass is 386 g/mol. The van der Waals surface area contributed by atoms with Crippen LogP contribution in [0.15, 0.2) is 35.9 Å². The van der Waals surface area contributed by atoms with Crippen molar-refractivity contribution in [3.63, 3.8) is 0 Å². The quantitative estimate of drug-likeness (QED) is 0.593. The number of anilines is 1. The lowest BCUT2D eigenvalue weighted by atomic mass is 10.1. The number of methoxy groups -OCH3 is 3. The van der Waals surface area contributed by atoms with Crippen LogP contribution in [0.2, 0.25) is 5.02 Å². The summed E-state index contributed by atoms with van der Waals surface area (Å²) in [6, 6.07) is 10.3. The third kappa shape index (κ3) is 4.93. The van der Waals surface area contributed by atoms with Crippen molar-refractivity contribution in [2.24, 2.45) is 0 Å². The minimum atomic E-state index is -0.570. The van der Waals surface area contributed by atoms with Crippen LogP contribution in [0.5, 0.6) is 17.2 Å². The fraction of sp³-hybridized carbons (Fsp3) is 0.200. The van der Waals surface area contributed by atoms with Crippen LogP contribution in [0.4, 0.5) is 5.69 Å².